The Morgan fingerprint density at radius 3 is 2.57 bits per heavy atom. The maximum atomic E-state index is 14.2. The zero-order chi connectivity index (χ0) is 16.2. The van der Waals surface area contributed by atoms with Crippen molar-refractivity contribution in [1.82, 2.24) is 4.57 Å². The van der Waals surface area contributed by atoms with E-state index in [9.17, 15) is 9.18 Å². The molecule has 0 aliphatic heterocycles. The van der Waals surface area contributed by atoms with Crippen molar-refractivity contribution in [2.45, 2.75) is 6.61 Å². The third-order valence-electron chi connectivity index (χ3n) is 3.46. The lowest BCUT2D eigenvalue weighted by atomic mass is 10.1. The Morgan fingerprint density at radius 1 is 1.09 bits per heavy atom. The molecule has 0 fully saturated rings. The lowest BCUT2D eigenvalue weighted by Gasteiger charge is -2.09. The van der Waals surface area contributed by atoms with Gasteiger partial charge < -0.3 is 15.0 Å². The summed E-state index contributed by atoms with van der Waals surface area (Å²) in [5.41, 5.74) is 1.86. The molecule has 0 saturated heterocycles. The second kappa shape index (κ2) is 6.46. The predicted molar refractivity (Wildman–Crippen MR) is 86.0 cm³/mol. The van der Waals surface area contributed by atoms with Crippen LogP contribution < -0.4 is 5.32 Å². The summed E-state index contributed by atoms with van der Waals surface area (Å²) in [5, 5.41) is 11.8. The number of aliphatic hydroxyl groups is 1. The van der Waals surface area contributed by atoms with Crippen LogP contribution in [0.1, 0.15) is 15.9 Å². The SMILES string of the molecule is O=C(Nc1cccc(CO)c1)c1ccc(-n2cccc2)c(F)c1. The molecule has 1 heterocycles. The third-order valence-corrected chi connectivity index (χ3v) is 3.46. The van der Waals surface area contributed by atoms with Gasteiger partial charge in [-0.2, -0.15) is 0 Å². The molecule has 2 aromatic carbocycles. The van der Waals surface area contributed by atoms with Crippen molar-refractivity contribution in [2.24, 2.45) is 0 Å². The Bertz CT molecular complexity index is 829. The summed E-state index contributed by atoms with van der Waals surface area (Å²) in [6.07, 6.45) is 3.47. The monoisotopic (exact) mass is 310 g/mol. The zero-order valence-corrected chi connectivity index (χ0v) is 12.2. The van der Waals surface area contributed by atoms with Crippen LogP contribution in [0, 0.1) is 5.82 Å². The smallest absolute Gasteiger partial charge is 0.255 e. The van der Waals surface area contributed by atoms with E-state index in [1.165, 1.54) is 6.07 Å². The Kier molecular flexibility index (Phi) is 4.21. The number of aliphatic hydroxyl groups excluding tert-OH is 1. The van der Waals surface area contributed by atoms with Crippen LogP contribution in [0.4, 0.5) is 10.1 Å². The molecule has 0 saturated carbocycles. The van der Waals surface area contributed by atoms with Crippen LogP contribution >= 0.6 is 0 Å². The average molecular weight is 310 g/mol. The van der Waals surface area contributed by atoms with E-state index in [0.717, 1.165) is 0 Å². The maximum Gasteiger partial charge on any atom is 0.255 e. The molecular weight excluding hydrogens is 295 g/mol. The molecule has 3 aromatic rings. The van der Waals surface area contributed by atoms with E-state index in [0.29, 0.717) is 16.9 Å². The van der Waals surface area contributed by atoms with E-state index in [1.807, 2.05) is 0 Å². The first-order valence-electron chi connectivity index (χ1n) is 7.11. The number of carbonyl (C=O) groups excluding carboxylic acids is 1. The minimum atomic E-state index is -0.474. The second-order valence-corrected chi connectivity index (χ2v) is 5.07. The van der Waals surface area contributed by atoms with Crippen LogP contribution in [0.25, 0.3) is 5.69 Å². The summed E-state index contributed by atoms with van der Waals surface area (Å²) in [6.45, 7) is -0.107. The maximum absolute atomic E-state index is 14.2. The fraction of sp³-hybridized carbons (Fsp3) is 0.0556. The number of carbonyl (C=O) groups is 1. The van der Waals surface area contributed by atoms with Crippen molar-refractivity contribution in [3.63, 3.8) is 0 Å². The molecule has 0 bridgehead atoms. The van der Waals surface area contributed by atoms with Gasteiger partial charge in [-0.25, -0.2) is 4.39 Å². The second-order valence-electron chi connectivity index (χ2n) is 5.07. The first kappa shape index (κ1) is 15.0. The molecule has 4 nitrogen and oxygen atoms in total. The van der Waals surface area contributed by atoms with Gasteiger partial charge in [0.05, 0.1) is 12.3 Å². The molecule has 2 N–H and O–H groups in total. The van der Waals surface area contributed by atoms with Gasteiger partial charge in [0.2, 0.25) is 0 Å². The number of aromatic nitrogens is 1. The third kappa shape index (κ3) is 3.30. The Morgan fingerprint density at radius 2 is 1.87 bits per heavy atom. The van der Waals surface area contributed by atoms with Crippen molar-refractivity contribution >= 4 is 11.6 Å². The first-order chi connectivity index (χ1) is 11.2. The van der Waals surface area contributed by atoms with Gasteiger partial charge >= 0.3 is 0 Å². The van der Waals surface area contributed by atoms with Crippen LogP contribution in [0.5, 0.6) is 0 Å². The average Bonchev–Trinajstić information content (AvgIpc) is 3.09. The molecular formula is C18H15FN2O2. The van der Waals surface area contributed by atoms with Crippen molar-refractivity contribution in [1.29, 1.82) is 0 Å². The number of anilines is 1. The number of hydrogen-bond donors (Lipinski definition) is 2. The van der Waals surface area contributed by atoms with E-state index in [1.54, 1.807) is 65.5 Å². The highest BCUT2D eigenvalue weighted by molar-refractivity contribution is 6.04. The molecule has 0 aliphatic rings. The van der Waals surface area contributed by atoms with Crippen LogP contribution in [0.15, 0.2) is 67.0 Å². The standard InChI is InChI=1S/C18H15FN2O2/c19-16-11-14(6-7-17(16)21-8-1-2-9-21)18(23)20-15-5-3-4-13(10-15)12-22/h1-11,22H,12H2,(H,20,23). The minimum Gasteiger partial charge on any atom is -0.392 e. The van der Waals surface area contributed by atoms with Crippen LogP contribution in [-0.4, -0.2) is 15.6 Å². The van der Waals surface area contributed by atoms with Gasteiger partial charge in [0, 0.05) is 23.6 Å². The lowest BCUT2D eigenvalue weighted by Crippen LogP contribution is -2.12. The van der Waals surface area contributed by atoms with Gasteiger partial charge in [-0.05, 0) is 48.0 Å². The fourth-order valence-electron chi connectivity index (χ4n) is 2.30. The largest absolute Gasteiger partial charge is 0.392 e. The highest BCUT2D eigenvalue weighted by Gasteiger charge is 2.11. The van der Waals surface area contributed by atoms with Crippen molar-refractivity contribution in [3.8, 4) is 5.69 Å². The van der Waals surface area contributed by atoms with E-state index in [4.69, 9.17) is 5.11 Å². The fourth-order valence-corrected chi connectivity index (χ4v) is 2.30. The molecule has 3 rings (SSSR count). The van der Waals surface area contributed by atoms with Crippen LogP contribution in [0.2, 0.25) is 0 Å². The number of benzene rings is 2. The van der Waals surface area contributed by atoms with Gasteiger partial charge in [-0.3, -0.25) is 4.79 Å². The molecule has 0 radical (unpaired) electrons. The summed E-state index contributed by atoms with van der Waals surface area (Å²) in [4.78, 5) is 12.2. The molecule has 1 amide bonds. The Hall–Kier alpha value is -2.92. The molecule has 1 aromatic heterocycles. The molecule has 5 heteroatoms. The number of hydrogen-bond acceptors (Lipinski definition) is 2. The summed E-state index contributed by atoms with van der Waals surface area (Å²) >= 11 is 0. The predicted octanol–water partition coefficient (Wildman–Crippen LogP) is 3.36. The summed E-state index contributed by atoms with van der Waals surface area (Å²) in [7, 11) is 0. The number of nitrogens with zero attached hydrogens (tertiary/aromatic N) is 1. The highest BCUT2D eigenvalue weighted by Crippen LogP contribution is 2.17. The molecule has 0 aliphatic carbocycles. The molecule has 0 atom stereocenters. The van der Waals surface area contributed by atoms with E-state index < -0.39 is 11.7 Å². The minimum absolute atomic E-state index is 0.107. The number of halogens is 1. The Labute approximate surface area is 132 Å². The Balaban J connectivity index is 1.81. The molecule has 23 heavy (non-hydrogen) atoms. The van der Waals surface area contributed by atoms with E-state index >= 15 is 0 Å². The van der Waals surface area contributed by atoms with Gasteiger partial charge in [0.15, 0.2) is 0 Å². The summed E-state index contributed by atoms with van der Waals surface area (Å²) in [5.74, 6) is -0.879. The normalized spacial score (nSPS) is 10.5. The number of rotatable bonds is 4. The number of amides is 1. The highest BCUT2D eigenvalue weighted by atomic mass is 19.1. The summed E-state index contributed by atoms with van der Waals surface area (Å²) in [6, 6.07) is 14.8. The van der Waals surface area contributed by atoms with Crippen molar-refractivity contribution in [3.05, 3.63) is 83.9 Å². The van der Waals surface area contributed by atoms with E-state index in [-0.39, 0.29) is 12.2 Å². The van der Waals surface area contributed by atoms with Gasteiger partial charge in [-0.1, -0.05) is 12.1 Å². The van der Waals surface area contributed by atoms with Gasteiger partial charge in [0.25, 0.3) is 5.91 Å². The molecule has 116 valence electrons. The van der Waals surface area contributed by atoms with Crippen molar-refractivity contribution in [2.75, 3.05) is 5.32 Å². The quantitative estimate of drug-likeness (QED) is 0.776. The van der Waals surface area contributed by atoms with E-state index in [2.05, 4.69) is 5.32 Å². The molecule has 0 unspecified atom stereocenters. The van der Waals surface area contributed by atoms with Crippen molar-refractivity contribution < 1.29 is 14.3 Å². The zero-order valence-electron chi connectivity index (χ0n) is 12.2. The summed E-state index contributed by atoms with van der Waals surface area (Å²) < 4.78 is 15.8. The number of nitrogens with one attached hydrogen (secondary N) is 1. The molecule has 0 spiro atoms. The van der Waals surface area contributed by atoms with Gasteiger partial charge in [-0.15, -0.1) is 0 Å². The first-order valence-corrected chi connectivity index (χ1v) is 7.11. The van der Waals surface area contributed by atoms with Gasteiger partial charge in [0.1, 0.15) is 5.82 Å². The van der Waals surface area contributed by atoms with Crippen LogP contribution in [0.3, 0.4) is 0 Å². The lowest BCUT2D eigenvalue weighted by molar-refractivity contribution is 0.102. The topological polar surface area (TPSA) is 54.3 Å². The van der Waals surface area contributed by atoms with Crippen LogP contribution in [-0.2, 0) is 6.61 Å².